The highest BCUT2D eigenvalue weighted by Crippen LogP contribution is 2.77. The molecule has 2 nitrogen and oxygen atoms in total. The van der Waals surface area contributed by atoms with Gasteiger partial charge < -0.3 is 9.47 Å². The third-order valence-corrected chi connectivity index (χ3v) is 13.9. The van der Waals surface area contributed by atoms with Crippen LogP contribution in [0.3, 0.4) is 0 Å². The normalized spacial score (nSPS) is 53.9. The van der Waals surface area contributed by atoms with Crippen LogP contribution in [0.15, 0.2) is 12.2 Å². The Kier molecular flexibility index (Phi) is 6.01. The van der Waals surface area contributed by atoms with Crippen LogP contribution in [-0.2, 0) is 9.47 Å². The van der Waals surface area contributed by atoms with Gasteiger partial charge in [-0.1, -0.05) is 46.8 Å². The first-order valence-corrected chi connectivity index (χ1v) is 14.6. The van der Waals surface area contributed by atoms with E-state index >= 15 is 0 Å². The van der Waals surface area contributed by atoms with E-state index < -0.39 is 0 Å². The van der Waals surface area contributed by atoms with Gasteiger partial charge in [0.25, 0.3) is 0 Å². The lowest BCUT2D eigenvalue weighted by atomic mass is 9.32. The molecule has 34 heavy (non-hydrogen) atoms. The van der Waals surface area contributed by atoms with Gasteiger partial charge in [-0.3, -0.25) is 0 Å². The zero-order chi connectivity index (χ0) is 24.7. The van der Waals surface area contributed by atoms with Crippen LogP contribution in [-0.4, -0.2) is 26.9 Å². The van der Waals surface area contributed by atoms with E-state index in [0.717, 1.165) is 30.3 Å². The van der Waals surface area contributed by atoms with Gasteiger partial charge in [0.1, 0.15) is 0 Å². The molecule has 0 N–H and O–H groups in total. The van der Waals surface area contributed by atoms with E-state index in [1.165, 1.54) is 69.8 Å². The van der Waals surface area contributed by atoms with Crippen molar-refractivity contribution in [2.24, 2.45) is 56.7 Å². The Bertz CT molecular complexity index is 816. The van der Waals surface area contributed by atoms with E-state index in [4.69, 9.17) is 9.47 Å². The van der Waals surface area contributed by atoms with Gasteiger partial charge in [0, 0.05) is 14.2 Å². The maximum Gasteiger partial charge on any atom is 0.0625 e. The van der Waals surface area contributed by atoms with Crippen molar-refractivity contribution in [3.8, 4) is 0 Å². The molecule has 194 valence electrons. The monoisotopic (exact) mass is 470 g/mol. The first-order chi connectivity index (χ1) is 15.9. The van der Waals surface area contributed by atoms with Crippen molar-refractivity contribution in [2.75, 3.05) is 20.8 Å². The molecule has 5 rings (SSSR count). The lowest BCUT2D eigenvalue weighted by Crippen LogP contribution is -2.67. The number of allylic oxidation sites excluding steroid dienone is 1. The molecule has 0 amide bonds. The number of fused-ring (bicyclic) bond motifs is 7. The molecule has 5 aliphatic carbocycles. The van der Waals surface area contributed by atoms with Crippen molar-refractivity contribution in [2.45, 2.75) is 112 Å². The topological polar surface area (TPSA) is 18.5 Å². The molecule has 5 fully saturated rings. The van der Waals surface area contributed by atoms with Gasteiger partial charge in [0.05, 0.1) is 12.7 Å². The molecule has 0 bridgehead atoms. The van der Waals surface area contributed by atoms with Crippen molar-refractivity contribution in [1.82, 2.24) is 0 Å². The van der Waals surface area contributed by atoms with Crippen molar-refractivity contribution in [3.63, 3.8) is 0 Å². The molecule has 0 aromatic heterocycles. The smallest absolute Gasteiger partial charge is 0.0625 e. The van der Waals surface area contributed by atoms with Gasteiger partial charge >= 0.3 is 0 Å². The molecule has 6 unspecified atom stereocenters. The number of methoxy groups -OCH3 is 2. The van der Waals surface area contributed by atoms with E-state index in [0.29, 0.717) is 33.7 Å². The zero-order valence-corrected chi connectivity index (χ0v) is 23.8. The molecule has 0 aromatic carbocycles. The Hall–Kier alpha value is -0.340. The maximum atomic E-state index is 6.06. The summed E-state index contributed by atoms with van der Waals surface area (Å²) < 4.78 is 12.0. The third kappa shape index (κ3) is 3.06. The summed E-state index contributed by atoms with van der Waals surface area (Å²) in [5.41, 5.74) is 3.44. The number of hydrogen-bond donors (Lipinski definition) is 0. The van der Waals surface area contributed by atoms with E-state index in [1.54, 1.807) is 0 Å². The molecule has 0 aliphatic heterocycles. The van der Waals surface area contributed by atoms with E-state index in [2.05, 4.69) is 48.1 Å². The van der Waals surface area contributed by atoms with Crippen LogP contribution >= 0.6 is 0 Å². The molecule has 0 heterocycles. The van der Waals surface area contributed by atoms with Gasteiger partial charge in [-0.2, -0.15) is 0 Å². The molecule has 5 saturated carbocycles. The Morgan fingerprint density at radius 3 is 2.18 bits per heavy atom. The largest absolute Gasteiger partial charge is 0.384 e. The highest BCUT2D eigenvalue weighted by Gasteiger charge is 2.70. The second-order valence-corrected chi connectivity index (χ2v) is 15.1. The molecular formula is C32H54O2. The van der Waals surface area contributed by atoms with E-state index in [9.17, 15) is 0 Å². The minimum absolute atomic E-state index is 0.275. The van der Waals surface area contributed by atoms with Crippen LogP contribution in [0.25, 0.3) is 0 Å². The molecule has 0 radical (unpaired) electrons. The summed E-state index contributed by atoms with van der Waals surface area (Å²) >= 11 is 0. The summed E-state index contributed by atoms with van der Waals surface area (Å²) in [4.78, 5) is 0. The average molecular weight is 471 g/mol. The zero-order valence-electron chi connectivity index (χ0n) is 23.8. The number of hydrogen-bond acceptors (Lipinski definition) is 2. The predicted molar refractivity (Wildman–Crippen MR) is 142 cm³/mol. The van der Waals surface area contributed by atoms with Crippen molar-refractivity contribution >= 4 is 0 Å². The van der Waals surface area contributed by atoms with Crippen molar-refractivity contribution in [1.29, 1.82) is 0 Å². The number of rotatable bonds is 4. The van der Waals surface area contributed by atoms with Crippen molar-refractivity contribution < 1.29 is 9.47 Å². The molecule has 0 spiro atoms. The molecule has 2 heteroatoms. The molecule has 0 aromatic rings. The second kappa shape index (κ2) is 8.08. The van der Waals surface area contributed by atoms with E-state index in [1.807, 2.05) is 14.2 Å². The molecule has 5 aliphatic rings. The van der Waals surface area contributed by atoms with E-state index in [-0.39, 0.29) is 5.41 Å². The fourth-order valence-corrected chi connectivity index (χ4v) is 12.2. The SMILES string of the molecule is C=C(C)C1CC[C@]2(COC)CC[C@]3(C)C(CCC4[C@@]5(C)CCC(OC)C(C)(C)C5CC[C@]43C)C12. The summed E-state index contributed by atoms with van der Waals surface area (Å²) in [7, 11) is 3.88. The lowest BCUT2D eigenvalue weighted by molar-refractivity contribution is -0.251. The Labute approximate surface area is 211 Å². The Morgan fingerprint density at radius 1 is 0.794 bits per heavy atom. The highest BCUT2D eigenvalue weighted by atomic mass is 16.5. The average Bonchev–Trinajstić information content (AvgIpc) is 3.14. The van der Waals surface area contributed by atoms with Crippen LogP contribution in [0.4, 0.5) is 0 Å². The second-order valence-electron chi connectivity index (χ2n) is 15.1. The molecule has 0 saturated heterocycles. The fourth-order valence-electron chi connectivity index (χ4n) is 12.2. The van der Waals surface area contributed by atoms with Crippen LogP contribution in [0.5, 0.6) is 0 Å². The molecule has 10 atom stereocenters. The number of ether oxygens (including phenoxy) is 2. The van der Waals surface area contributed by atoms with Crippen LogP contribution in [0.1, 0.15) is 106 Å². The first-order valence-electron chi connectivity index (χ1n) is 14.6. The Morgan fingerprint density at radius 2 is 1.53 bits per heavy atom. The summed E-state index contributed by atoms with van der Waals surface area (Å²) in [6, 6.07) is 0. The summed E-state index contributed by atoms with van der Waals surface area (Å²) in [6.45, 7) is 21.1. The van der Waals surface area contributed by atoms with Crippen LogP contribution < -0.4 is 0 Å². The van der Waals surface area contributed by atoms with Gasteiger partial charge in [-0.05, 0) is 128 Å². The van der Waals surface area contributed by atoms with Gasteiger partial charge in [-0.25, -0.2) is 0 Å². The third-order valence-electron chi connectivity index (χ3n) is 13.9. The van der Waals surface area contributed by atoms with Crippen molar-refractivity contribution in [3.05, 3.63) is 12.2 Å². The predicted octanol–water partition coefficient (Wildman–Crippen LogP) is 8.31. The fraction of sp³-hybridized carbons (Fsp3) is 0.938. The highest BCUT2D eigenvalue weighted by molar-refractivity contribution is 5.21. The first kappa shape index (κ1) is 25.3. The Balaban J connectivity index is 1.53. The maximum absolute atomic E-state index is 6.06. The van der Waals surface area contributed by atoms with Gasteiger partial charge in [0.2, 0.25) is 0 Å². The van der Waals surface area contributed by atoms with Gasteiger partial charge in [-0.15, -0.1) is 0 Å². The summed E-state index contributed by atoms with van der Waals surface area (Å²) in [6.07, 6.45) is 14.1. The quantitative estimate of drug-likeness (QED) is 0.385. The minimum atomic E-state index is 0.275. The van der Waals surface area contributed by atoms with Gasteiger partial charge in [0.15, 0.2) is 0 Å². The van der Waals surface area contributed by atoms with Crippen LogP contribution in [0, 0.1) is 56.7 Å². The van der Waals surface area contributed by atoms with Crippen LogP contribution in [0.2, 0.25) is 0 Å². The minimum Gasteiger partial charge on any atom is -0.384 e. The summed E-state index contributed by atoms with van der Waals surface area (Å²) in [5.74, 6) is 3.92. The standard InChI is InChI=1S/C32H54O2/c1-21(2)22-12-17-32(20-33-8)19-18-30(6)23(27(22)32)10-11-25-29(5)15-14-26(34-9)28(3,4)24(29)13-16-31(25,30)7/h22-27H,1,10-20H2,2-9H3/t22?,23?,24?,25?,26?,27?,29-,30+,31+,32+/m0/s1. The lowest BCUT2D eigenvalue weighted by Gasteiger charge is -2.73. The summed E-state index contributed by atoms with van der Waals surface area (Å²) in [5, 5.41) is 0. The molecular weight excluding hydrogens is 416 g/mol.